The predicted molar refractivity (Wildman–Crippen MR) is 83.8 cm³/mol. The Hall–Kier alpha value is -1.40. The zero-order chi connectivity index (χ0) is 14.7. The summed E-state index contributed by atoms with van der Waals surface area (Å²) in [5.74, 6) is -0.642. The van der Waals surface area contributed by atoms with Crippen LogP contribution in [0, 0.1) is 5.82 Å². The van der Waals surface area contributed by atoms with Crippen molar-refractivity contribution in [2.75, 3.05) is 5.73 Å². The Morgan fingerprint density at radius 3 is 2.65 bits per heavy atom. The average molecular weight is 402 g/mol. The molecule has 0 heterocycles. The fraction of sp³-hybridized carbons (Fsp3) is 0.0714. The molecule has 1 amide bonds. The first-order valence-electron chi connectivity index (χ1n) is 5.74. The summed E-state index contributed by atoms with van der Waals surface area (Å²) in [7, 11) is 0. The van der Waals surface area contributed by atoms with E-state index in [1.54, 1.807) is 30.3 Å². The van der Waals surface area contributed by atoms with Crippen LogP contribution in [0.25, 0.3) is 0 Å². The maximum atomic E-state index is 13.5. The fourth-order valence-electron chi connectivity index (χ4n) is 1.62. The third kappa shape index (κ3) is 3.58. The Morgan fingerprint density at radius 2 is 1.95 bits per heavy atom. The largest absolute Gasteiger partial charge is 0.398 e. The third-order valence-electron chi connectivity index (χ3n) is 2.71. The van der Waals surface area contributed by atoms with Crippen LogP contribution in [0.3, 0.4) is 0 Å². The molecule has 0 bridgehead atoms. The predicted octanol–water partition coefficient (Wildman–Crippen LogP) is 3.86. The number of nitrogens with one attached hydrogen (secondary N) is 1. The van der Waals surface area contributed by atoms with Crippen LogP contribution in [0.5, 0.6) is 0 Å². The van der Waals surface area contributed by atoms with Gasteiger partial charge in [-0.2, -0.15) is 0 Å². The highest BCUT2D eigenvalue weighted by Crippen LogP contribution is 2.20. The lowest BCUT2D eigenvalue weighted by Crippen LogP contribution is -2.23. The van der Waals surface area contributed by atoms with Crippen LogP contribution in [-0.4, -0.2) is 5.91 Å². The van der Waals surface area contributed by atoms with Crippen molar-refractivity contribution in [2.24, 2.45) is 0 Å². The van der Waals surface area contributed by atoms with Gasteiger partial charge in [0.2, 0.25) is 0 Å². The number of nitrogen functional groups attached to an aromatic ring is 1. The lowest BCUT2D eigenvalue weighted by Gasteiger charge is -2.08. The molecule has 0 aliphatic heterocycles. The van der Waals surface area contributed by atoms with Gasteiger partial charge in [-0.05, 0) is 52.3 Å². The molecule has 0 saturated heterocycles. The molecule has 3 nitrogen and oxygen atoms in total. The average Bonchev–Trinajstić information content (AvgIpc) is 2.42. The second-order valence-electron chi connectivity index (χ2n) is 4.15. The van der Waals surface area contributed by atoms with Crippen LogP contribution in [0.1, 0.15) is 15.9 Å². The van der Waals surface area contributed by atoms with Gasteiger partial charge in [0, 0.05) is 32.3 Å². The summed E-state index contributed by atoms with van der Waals surface area (Å²) in [5.41, 5.74) is 7.09. The van der Waals surface area contributed by atoms with Crippen LogP contribution in [0.4, 0.5) is 10.1 Å². The van der Waals surface area contributed by atoms with Crippen LogP contribution in [-0.2, 0) is 6.54 Å². The molecule has 3 N–H and O–H groups in total. The number of nitrogens with two attached hydrogens (primary N) is 1. The van der Waals surface area contributed by atoms with Gasteiger partial charge < -0.3 is 11.1 Å². The van der Waals surface area contributed by atoms with E-state index in [1.807, 2.05) is 0 Å². The molecule has 0 atom stereocenters. The van der Waals surface area contributed by atoms with Gasteiger partial charge in [0.25, 0.3) is 5.91 Å². The molecule has 0 aromatic heterocycles. The maximum Gasteiger partial charge on any atom is 0.251 e. The standard InChI is InChI=1S/C14H11Br2FN2O/c15-10-2-3-12(17)9(5-10)7-19-14(20)8-1-4-13(18)11(16)6-8/h1-6H,7,18H2,(H,19,20). The summed E-state index contributed by atoms with van der Waals surface area (Å²) in [6.07, 6.45) is 0. The SMILES string of the molecule is Nc1ccc(C(=O)NCc2cc(Br)ccc2F)cc1Br. The summed E-state index contributed by atoms with van der Waals surface area (Å²) in [5, 5.41) is 2.67. The maximum absolute atomic E-state index is 13.5. The molecule has 0 radical (unpaired) electrons. The van der Waals surface area contributed by atoms with E-state index in [9.17, 15) is 9.18 Å². The van der Waals surface area contributed by atoms with E-state index in [0.29, 0.717) is 21.3 Å². The van der Waals surface area contributed by atoms with Crippen molar-refractivity contribution >= 4 is 43.5 Å². The first-order chi connectivity index (χ1) is 9.47. The quantitative estimate of drug-likeness (QED) is 0.767. The minimum atomic E-state index is -0.355. The van der Waals surface area contributed by atoms with E-state index in [4.69, 9.17) is 5.73 Å². The Morgan fingerprint density at radius 1 is 1.20 bits per heavy atom. The first-order valence-corrected chi connectivity index (χ1v) is 7.33. The van der Waals surface area contributed by atoms with Crippen molar-refractivity contribution in [2.45, 2.75) is 6.54 Å². The van der Waals surface area contributed by atoms with Crippen molar-refractivity contribution in [1.29, 1.82) is 0 Å². The Labute approximate surface area is 132 Å². The van der Waals surface area contributed by atoms with Crippen molar-refractivity contribution in [1.82, 2.24) is 5.32 Å². The second-order valence-corrected chi connectivity index (χ2v) is 5.92. The van der Waals surface area contributed by atoms with Gasteiger partial charge in [-0.25, -0.2) is 4.39 Å². The van der Waals surface area contributed by atoms with Crippen LogP contribution in [0.2, 0.25) is 0 Å². The summed E-state index contributed by atoms with van der Waals surface area (Å²) in [6, 6.07) is 9.48. The minimum absolute atomic E-state index is 0.117. The van der Waals surface area contributed by atoms with Gasteiger partial charge >= 0.3 is 0 Å². The van der Waals surface area contributed by atoms with Gasteiger partial charge in [0.1, 0.15) is 5.82 Å². The van der Waals surface area contributed by atoms with Crippen molar-refractivity contribution < 1.29 is 9.18 Å². The van der Waals surface area contributed by atoms with Crippen LogP contribution < -0.4 is 11.1 Å². The molecule has 20 heavy (non-hydrogen) atoms. The molecular formula is C14H11Br2FN2O. The fourth-order valence-corrected chi connectivity index (χ4v) is 2.41. The molecule has 0 spiro atoms. The summed E-state index contributed by atoms with van der Waals surface area (Å²) in [6.45, 7) is 0.117. The molecule has 2 aromatic carbocycles. The number of amides is 1. The molecular weight excluding hydrogens is 391 g/mol. The van der Waals surface area contributed by atoms with Crippen molar-refractivity contribution in [3.8, 4) is 0 Å². The molecule has 0 unspecified atom stereocenters. The van der Waals surface area contributed by atoms with Gasteiger partial charge in [-0.1, -0.05) is 15.9 Å². The lowest BCUT2D eigenvalue weighted by atomic mass is 10.1. The zero-order valence-corrected chi connectivity index (χ0v) is 13.5. The van der Waals surface area contributed by atoms with E-state index in [-0.39, 0.29) is 18.3 Å². The van der Waals surface area contributed by atoms with Gasteiger partial charge in [-0.15, -0.1) is 0 Å². The van der Waals surface area contributed by atoms with E-state index in [1.165, 1.54) is 6.07 Å². The number of carbonyl (C=O) groups is 1. The smallest absolute Gasteiger partial charge is 0.251 e. The number of hydrogen-bond acceptors (Lipinski definition) is 2. The molecule has 2 rings (SSSR count). The molecule has 104 valence electrons. The van der Waals surface area contributed by atoms with E-state index >= 15 is 0 Å². The number of benzene rings is 2. The second kappa shape index (κ2) is 6.37. The number of halogens is 3. The van der Waals surface area contributed by atoms with Gasteiger partial charge in [0.15, 0.2) is 0 Å². The zero-order valence-electron chi connectivity index (χ0n) is 10.3. The third-order valence-corrected chi connectivity index (χ3v) is 3.89. The van der Waals surface area contributed by atoms with Crippen LogP contribution in [0.15, 0.2) is 45.3 Å². The molecule has 2 aromatic rings. The highest BCUT2D eigenvalue weighted by Gasteiger charge is 2.09. The monoisotopic (exact) mass is 400 g/mol. The van der Waals surface area contributed by atoms with E-state index < -0.39 is 0 Å². The summed E-state index contributed by atoms with van der Waals surface area (Å²) in [4.78, 5) is 12.0. The van der Waals surface area contributed by atoms with Gasteiger partial charge in [0.05, 0.1) is 0 Å². The molecule has 0 fully saturated rings. The highest BCUT2D eigenvalue weighted by molar-refractivity contribution is 9.10. The Kier molecular flexibility index (Phi) is 4.77. The van der Waals surface area contributed by atoms with Crippen molar-refractivity contribution in [3.05, 3.63) is 62.3 Å². The Bertz CT molecular complexity index is 662. The topological polar surface area (TPSA) is 55.1 Å². The molecule has 0 saturated carbocycles. The molecule has 0 aliphatic rings. The van der Waals surface area contributed by atoms with Crippen molar-refractivity contribution in [3.63, 3.8) is 0 Å². The van der Waals surface area contributed by atoms with E-state index in [2.05, 4.69) is 37.2 Å². The van der Waals surface area contributed by atoms with E-state index in [0.717, 1.165) is 4.47 Å². The first kappa shape index (κ1) is 15.0. The minimum Gasteiger partial charge on any atom is -0.398 e. The van der Waals surface area contributed by atoms with Crippen LogP contribution >= 0.6 is 31.9 Å². The normalized spacial score (nSPS) is 10.3. The number of anilines is 1. The highest BCUT2D eigenvalue weighted by atomic mass is 79.9. The Balaban J connectivity index is 2.08. The summed E-state index contributed by atoms with van der Waals surface area (Å²) >= 11 is 6.53. The number of rotatable bonds is 3. The van der Waals surface area contributed by atoms with Gasteiger partial charge in [-0.3, -0.25) is 4.79 Å². The number of carbonyl (C=O) groups excluding carboxylic acids is 1. The summed E-state index contributed by atoms with van der Waals surface area (Å²) < 4.78 is 15.0. The molecule has 0 aliphatic carbocycles. The lowest BCUT2D eigenvalue weighted by molar-refractivity contribution is 0.0950. The number of hydrogen-bond donors (Lipinski definition) is 2. The molecule has 6 heteroatoms.